The summed E-state index contributed by atoms with van der Waals surface area (Å²) in [6.07, 6.45) is 0. The zero-order valence-electron chi connectivity index (χ0n) is 12.3. The first-order valence-corrected chi connectivity index (χ1v) is 7.21. The van der Waals surface area contributed by atoms with Crippen LogP contribution in [0.5, 0.6) is 5.75 Å². The number of para-hydroxylation sites is 1. The summed E-state index contributed by atoms with van der Waals surface area (Å²) >= 11 is 0. The van der Waals surface area contributed by atoms with Crippen molar-refractivity contribution in [2.45, 2.75) is 26.9 Å². The van der Waals surface area contributed by atoms with Gasteiger partial charge >= 0.3 is 0 Å². The number of hydrogen-bond donors (Lipinski definition) is 1. The molecular weight excluding hydrogens is 246 g/mol. The van der Waals surface area contributed by atoms with Gasteiger partial charge in [0, 0.05) is 18.7 Å². The van der Waals surface area contributed by atoms with Gasteiger partial charge in [0.15, 0.2) is 0 Å². The maximum absolute atomic E-state index is 5.86. The predicted octanol–water partition coefficient (Wildman–Crippen LogP) is 4.01. The molecule has 0 aromatic heterocycles. The third-order valence-corrected chi connectivity index (χ3v) is 3.03. The summed E-state index contributed by atoms with van der Waals surface area (Å²) in [4.78, 5) is 0. The number of hydrogen-bond acceptors (Lipinski definition) is 2. The molecule has 0 saturated heterocycles. The van der Waals surface area contributed by atoms with Crippen molar-refractivity contribution in [3.05, 3.63) is 65.7 Å². The topological polar surface area (TPSA) is 21.3 Å². The zero-order chi connectivity index (χ0) is 14.2. The first-order chi connectivity index (χ1) is 9.75. The van der Waals surface area contributed by atoms with Crippen LogP contribution in [0.15, 0.2) is 54.6 Å². The van der Waals surface area contributed by atoms with E-state index in [1.807, 2.05) is 18.2 Å². The summed E-state index contributed by atoms with van der Waals surface area (Å²) in [5.74, 6) is 1.53. The number of ether oxygens (including phenoxy) is 1. The molecule has 0 radical (unpaired) electrons. The fourth-order valence-electron chi connectivity index (χ4n) is 1.98. The Hall–Kier alpha value is -1.80. The molecule has 0 heterocycles. The maximum Gasteiger partial charge on any atom is 0.123 e. The molecule has 0 unspecified atom stereocenters. The van der Waals surface area contributed by atoms with E-state index < -0.39 is 0 Å². The fourth-order valence-corrected chi connectivity index (χ4v) is 1.98. The summed E-state index contributed by atoms with van der Waals surface area (Å²) in [5, 5.41) is 3.47. The van der Waals surface area contributed by atoms with Gasteiger partial charge in [0.2, 0.25) is 0 Å². The predicted molar refractivity (Wildman–Crippen MR) is 83.8 cm³/mol. The van der Waals surface area contributed by atoms with E-state index >= 15 is 0 Å². The van der Waals surface area contributed by atoms with Crippen LogP contribution in [0.1, 0.15) is 25.0 Å². The average molecular weight is 269 g/mol. The minimum absolute atomic E-state index is 0.542. The van der Waals surface area contributed by atoms with Crippen molar-refractivity contribution in [1.29, 1.82) is 0 Å². The van der Waals surface area contributed by atoms with Gasteiger partial charge in [-0.1, -0.05) is 62.4 Å². The molecule has 2 aromatic carbocycles. The lowest BCUT2D eigenvalue weighted by atomic mass is 10.2. The van der Waals surface area contributed by atoms with Crippen molar-refractivity contribution in [2.75, 3.05) is 6.61 Å². The second kappa shape index (κ2) is 7.71. The van der Waals surface area contributed by atoms with Crippen molar-refractivity contribution in [2.24, 2.45) is 5.92 Å². The molecule has 0 aliphatic carbocycles. The van der Waals surface area contributed by atoms with Gasteiger partial charge in [0.1, 0.15) is 5.75 Å². The van der Waals surface area contributed by atoms with E-state index in [9.17, 15) is 0 Å². The molecule has 0 bridgehead atoms. The molecule has 2 rings (SSSR count). The van der Waals surface area contributed by atoms with Crippen LogP contribution in [0.25, 0.3) is 0 Å². The molecule has 20 heavy (non-hydrogen) atoms. The molecule has 2 nitrogen and oxygen atoms in total. The lowest BCUT2D eigenvalue weighted by Gasteiger charge is -2.13. The highest BCUT2D eigenvalue weighted by atomic mass is 16.5. The third kappa shape index (κ3) is 4.71. The van der Waals surface area contributed by atoms with Gasteiger partial charge in [-0.15, -0.1) is 0 Å². The van der Waals surface area contributed by atoms with Crippen molar-refractivity contribution in [3.63, 3.8) is 0 Å². The Bertz CT molecular complexity index is 508. The van der Waals surface area contributed by atoms with Gasteiger partial charge in [-0.25, -0.2) is 0 Å². The summed E-state index contributed by atoms with van der Waals surface area (Å²) < 4.78 is 5.86. The van der Waals surface area contributed by atoms with E-state index in [-0.39, 0.29) is 0 Å². The third-order valence-electron chi connectivity index (χ3n) is 3.03. The van der Waals surface area contributed by atoms with Crippen molar-refractivity contribution in [3.8, 4) is 5.75 Å². The van der Waals surface area contributed by atoms with E-state index in [1.165, 1.54) is 11.1 Å². The molecule has 0 amide bonds. The van der Waals surface area contributed by atoms with Crippen molar-refractivity contribution in [1.82, 2.24) is 5.32 Å². The Labute approximate surface area is 121 Å². The summed E-state index contributed by atoms with van der Waals surface area (Å²) in [7, 11) is 0. The Morgan fingerprint density at radius 3 is 2.35 bits per heavy atom. The molecule has 2 heteroatoms. The molecule has 0 fully saturated rings. The largest absolute Gasteiger partial charge is 0.493 e. The molecule has 1 N–H and O–H groups in total. The van der Waals surface area contributed by atoms with E-state index in [1.54, 1.807) is 0 Å². The molecule has 0 saturated carbocycles. The second-order valence-electron chi connectivity index (χ2n) is 5.40. The van der Waals surface area contributed by atoms with E-state index in [2.05, 4.69) is 55.6 Å². The van der Waals surface area contributed by atoms with Crippen LogP contribution >= 0.6 is 0 Å². The van der Waals surface area contributed by atoms with Gasteiger partial charge in [-0.3, -0.25) is 0 Å². The summed E-state index contributed by atoms with van der Waals surface area (Å²) in [5.41, 5.74) is 2.51. The van der Waals surface area contributed by atoms with Crippen LogP contribution in [0.3, 0.4) is 0 Å². The highest BCUT2D eigenvalue weighted by Crippen LogP contribution is 2.18. The smallest absolute Gasteiger partial charge is 0.123 e. The molecule has 0 spiro atoms. The number of rotatable bonds is 7. The summed E-state index contributed by atoms with van der Waals surface area (Å²) in [6.45, 7) is 6.78. The number of benzene rings is 2. The normalized spacial score (nSPS) is 10.8. The fraction of sp³-hybridized carbons (Fsp3) is 0.333. The maximum atomic E-state index is 5.86. The van der Waals surface area contributed by atoms with E-state index in [4.69, 9.17) is 4.74 Å². The van der Waals surface area contributed by atoms with Crippen LogP contribution in [0, 0.1) is 5.92 Å². The first kappa shape index (κ1) is 14.6. The second-order valence-corrected chi connectivity index (χ2v) is 5.40. The Balaban J connectivity index is 1.89. The quantitative estimate of drug-likeness (QED) is 0.820. The van der Waals surface area contributed by atoms with Crippen LogP contribution in [-0.4, -0.2) is 6.61 Å². The molecular formula is C18H23NO. The molecule has 2 aromatic rings. The van der Waals surface area contributed by atoms with E-state index in [0.29, 0.717) is 5.92 Å². The zero-order valence-corrected chi connectivity index (χ0v) is 12.3. The van der Waals surface area contributed by atoms with Gasteiger partial charge in [-0.05, 0) is 17.5 Å². The van der Waals surface area contributed by atoms with Crippen LogP contribution in [-0.2, 0) is 13.1 Å². The van der Waals surface area contributed by atoms with Gasteiger partial charge in [0.25, 0.3) is 0 Å². The highest BCUT2D eigenvalue weighted by Gasteiger charge is 2.03. The number of nitrogens with one attached hydrogen (secondary N) is 1. The SMILES string of the molecule is CC(C)COc1ccccc1CNCc1ccccc1. The van der Waals surface area contributed by atoms with Gasteiger partial charge < -0.3 is 10.1 Å². The Morgan fingerprint density at radius 2 is 1.60 bits per heavy atom. The molecule has 0 atom stereocenters. The van der Waals surface area contributed by atoms with Crippen LogP contribution < -0.4 is 10.1 Å². The van der Waals surface area contributed by atoms with Crippen LogP contribution in [0.4, 0.5) is 0 Å². The molecule has 0 aliphatic rings. The minimum atomic E-state index is 0.542. The van der Waals surface area contributed by atoms with Gasteiger partial charge in [-0.2, -0.15) is 0 Å². The lowest BCUT2D eigenvalue weighted by Crippen LogP contribution is -2.14. The summed E-state index contributed by atoms with van der Waals surface area (Å²) in [6, 6.07) is 18.7. The highest BCUT2D eigenvalue weighted by molar-refractivity contribution is 5.33. The first-order valence-electron chi connectivity index (χ1n) is 7.21. The Kier molecular flexibility index (Phi) is 5.63. The molecule has 0 aliphatic heterocycles. The monoisotopic (exact) mass is 269 g/mol. The van der Waals surface area contributed by atoms with Crippen molar-refractivity contribution >= 4 is 0 Å². The molecule has 106 valence electrons. The lowest BCUT2D eigenvalue weighted by molar-refractivity contribution is 0.268. The Morgan fingerprint density at radius 1 is 0.900 bits per heavy atom. The minimum Gasteiger partial charge on any atom is -0.493 e. The van der Waals surface area contributed by atoms with Crippen LogP contribution in [0.2, 0.25) is 0 Å². The standard InChI is InChI=1S/C18H23NO/c1-15(2)14-20-18-11-7-6-10-17(18)13-19-12-16-8-4-3-5-9-16/h3-11,15,19H,12-14H2,1-2H3. The van der Waals surface area contributed by atoms with Gasteiger partial charge in [0.05, 0.1) is 6.61 Å². The van der Waals surface area contributed by atoms with Crippen molar-refractivity contribution < 1.29 is 4.74 Å². The van der Waals surface area contributed by atoms with E-state index in [0.717, 1.165) is 25.4 Å². The average Bonchev–Trinajstić information content (AvgIpc) is 2.47.